The molecule has 0 saturated carbocycles. The number of rotatable bonds is 4. The standard InChI is InChI=1S/2C3H4O4.Pd/c2*4-2(5)1-3(6)7;/h2*1H2,(H,4,5)(H,6,7);/q;;+2/p-4. The van der Waals surface area contributed by atoms with Crippen LogP contribution in [-0.2, 0) is 39.6 Å². The molecule has 0 aromatic rings. The molecule has 0 aliphatic heterocycles. The van der Waals surface area contributed by atoms with Crippen molar-refractivity contribution in [3.05, 3.63) is 0 Å². The molecule has 9 heteroatoms. The van der Waals surface area contributed by atoms with Crippen LogP contribution in [0.1, 0.15) is 12.8 Å². The third kappa shape index (κ3) is 32.6. The van der Waals surface area contributed by atoms with Crippen molar-refractivity contribution in [2.24, 2.45) is 0 Å². The van der Waals surface area contributed by atoms with Crippen molar-refractivity contribution >= 4 is 23.9 Å². The van der Waals surface area contributed by atoms with Gasteiger partial charge in [0.05, 0.1) is 0 Å². The number of aliphatic carboxylic acids is 4. The second-order valence-electron chi connectivity index (χ2n) is 1.84. The Hall–Kier alpha value is -1.46. The SMILES string of the molecule is O=C([O-])CC(=O)[O-].O=C([O-])CC(=O)[O-].[Pd+2]. The molecule has 8 nitrogen and oxygen atoms in total. The van der Waals surface area contributed by atoms with Crippen LogP contribution in [0.5, 0.6) is 0 Å². The van der Waals surface area contributed by atoms with E-state index in [1.54, 1.807) is 0 Å². The number of carboxylic acid groups (broad SMARTS) is 4. The van der Waals surface area contributed by atoms with E-state index in [1.165, 1.54) is 0 Å². The van der Waals surface area contributed by atoms with E-state index < -0.39 is 36.7 Å². The predicted octanol–water partition coefficient (Wildman–Crippen LogP) is -6.25. The second-order valence-corrected chi connectivity index (χ2v) is 1.84. The molecule has 0 aliphatic rings. The predicted molar refractivity (Wildman–Crippen MR) is 29.3 cm³/mol. The van der Waals surface area contributed by atoms with Gasteiger partial charge in [0.25, 0.3) is 0 Å². The summed E-state index contributed by atoms with van der Waals surface area (Å²) in [5, 5.41) is 37.1. The maximum Gasteiger partial charge on any atom is 2.00 e. The van der Waals surface area contributed by atoms with E-state index in [1.807, 2.05) is 0 Å². The van der Waals surface area contributed by atoms with Crippen LogP contribution in [0.2, 0.25) is 0 Å². The van der Waals surface area contributed by atoms with Crippen LogP contribution < -0.4 is 20.4 Å². The summed E-state index contributed by atoms with van der Waals surface area (Å²) >= 11 is 0. The van der Waals surface area contributed by atoms with E-state index in [-0.39, 0.29) is 20.4 Å². The molecule has 0 amide bonds. The van der Waals surface area contributed by atoms with E-state index in [9.17, 15) is 39.6 Å². The van der Waals surface area contributed by atoms with Crippen LogP contribution in [0.15, 0.2) is 0 Å². The molecule has 15 heavy (non-hydrogen) atoms. The zero-order chi connectivity index (χ0) is 11.7. The normalized spacial score (nSPS) is 7.47. The molecule has 0 rings (SSSR count). The average molecular weight is 311 g/mol. The van der Waals surface area contributed by atoms with Gasteiger partial charge in [0, 0.05) is 36.7 Å². The maximum atomic E-state index is 9.28. The van der Waals surface area contributed by atoms with Crippen LogP contribution in [0.3, 0.4) is 0 Å². The van der Waals surface area contributed by atoms with Crippen molar-refractivity contribution in [3.8, 4) is 0 Å². The third-order valence-electron chi connectivity index (χ3n) is 0.577. The summed E-state index contributed by atoms with van der Waals surface area (Å²) in [6, 6.07) is 0. The molecule has 0 saturated heterocycles. The first-order chi connectivity index (χ1) is 6.25. The number of carbonyl (C=O) groups is 4. The fraction of sp³-hybridized carbons (Fsp3) is 0.333. The van der Waals surface area contributed by atoms with Crippen molar-refractivity contribution in [3.63, 3.8) is 0 Å². The molecule has 0 radical (unpaired) electrons. The monoisotopic (exact) mass is 310 g/mol. The molecule has 0 unspecified atom stereocenters. The third-order valence-corrected chi connectivity index (χ3v) is 0.577. The number of hydrogen-bond acceptors (Lipinski definition) is 8. The van der Waals surface area contributed by atoms with Crippen LogP contribution in [0, 0.1) is 0 Å². The van der Waals surface area contributed by atoms with Crippen LogP contribution in [-0.4, -0.2) is 23.9 Å². The number of carbonyl (C=O) groups excluding carboxylic acids is 4. The van der Waals surface area contributed by atoms with Crippen LogP contribution >= 0.6 is 0 Å². The van der Waals surface area contributed by atoms with Gasteiger partial charge in [-0.3, -0.25) is 0 Å². The molecule has 0 aromatic carbocycles. The minimum absolute atomic E-state index is 0. The quantitative estimate of drug-likeness (QED) is 0.366. The van der Waals surface area contributed by atoms with Crippen molar-refractivity contribution < 1.29 is 60.0 Å². The minimum atomic E-state index is -1.63. The van der Waals surface area contributed by atoms with E-state index >= 15 is 0 Å². The summed E-state index contributed by atoms with van der Waals surface area (Å²) in [5.74, 6) is -6.50. The van der Waals surface area contributed by atoms with Gasteiger partial charge >= 0.3 is 20.4 Å². The first-order valence-corrected chi connectivity index (χ1v) is 3.05. The Morgan fingerprint density at radius 1 is 0.600 bits per heavy atom. The molecule has 88 valence electrons. The molecule has 0 N–H and O–H groups in total. The first kappa shape index (κ1) is 19.2. The van der Waals surface area contributed by atoms with Gasteiger partial charge in [-0.2, -0.15) is 0 Å². The Morgan fingerprint density at radius 2 is 0.733 bits per heavy atom. The average Bonchev–Trinajstić information content (AvgIpc) is 1.79. The fourth-order valence-electron chi connectivity index (χ4n) is 0.236. The van der Waals surface area contributed by atoms with Gasteiger partial charge in [0.2, 0.25) is 0 Å². The Labute approximate surface area is 97.2 Å². The minimum Gasteiger partial charge on any atom is -0.550 e. The van der Waals surface area contributed by atoms with E-state index in [4.69, 9.17) is 0 Å². The van der Waals surface area contributed by atoms with Gasteiger partial charge in [-0.15, -0.1) is 0 Å². The zero-order valence-corrected chi connectivity index (χ0v) is 8.55. The summed E-state index contributed by atoms with van der Waals surface area (Å²) < 4.78 is 0. The molecule has 0 aromatic heterocycles. The van der Waals surface area contributed by atoms with Crippen molar-refractivity contribution in [1.29, 1.82) is 0 Å². The Morgan fingerprint density at radius 3 is 0.733 bits per heavy atom. The van der Waals surface area contributed by atoms with Crippen molar-refractivity contribution in [2.45, 2.75) is 12.8 Å². The summed E-state index contributed by atoms with van der Waals surface area (Å²) in [6.45, 7) is 0. The molecule has 0 spiro atoms. The van der Waals surface area contributed by atoms with E-state index in [0.29, 0.717) is 0 Å². The Kier molecular flexibility index (Phi) is 13.6. The topological polar surface area (TPSA) is 161 Å². The molecule has 0 bridgehead atoms. The van der Waals surface area contributed by atoms with Gasteiger partial charge in [0.1, 0.15) is 0 Å². The molecule has 0 atom stereocenters. The Bertz CT molecular complexity index is 198. The van der Waals surface area contributed by atoms with Crippen LogP contribution in [0.25, 0.3) is 0 Å². The largest absolute Gasteiger partial charge is 2.00 e. The molecule has 0 aliphatic carbocycles. The van der Waals surface area contributed by atoms with Crippen molar-refractivity contribution in [2.75, 3.05) is 0 Å². The van der Waals surface area contributed by atoms with Gasteiger partial charge < -0.3 is 39.6 Å². The van der Waals surface area contributed by atoms with Gasteiger partial charge in [-0.05, 0) is 0 Å². The summed E-state index contributed by atoms with van der Waals surface area (Å²) in [4.78, 5) is 37.1. The van der Waals surface area contributed by atoms with E-state index in [0.717, 1.165) is 0 Å². The van der Waals surface area contributed by atoms with Gasteiger partial charge in [0.15, 0.2) is 0 Å². The van der Waals surface area contributed by atoms with Gasteiger partial charge in [-0.1, -0.05) is 0 Å². The number of hydrogen-bond donors (Lipinski definition) is 0. The molecular formula is C6H4O8Pd-2. The summed E-state index contributed by atoms with van der Waals surface area (Å²) in [6.07, 6.45) is -2.06. The smallest absolute Gasteiger partial charge is 0.550 e. The fourth-order valence-corrected chi connectivity index (χ4v) is 0.236. The molecule has 0 fully saturated rings. The number of carboxylic acids is 4. The van der Waals surface area contributed by atoms with Crippen molar-refractivity contribution in [1.82, 2.24) is 0 Å². The summed E-state index contributed by atoms with van der Waals surface area (Å²) in [5.41, 5.74) is 0. The molecule has 0 heterocycles. The molecular weight excluding hydrogens is 306 g/mol. The van der Waals surface area contributed by atoms with Crippen LogP contribution in [0.4, 0.5) is 0 Å². The van der Waals surface area contributed by atoms with E-state index in [2.05, 4.69) is 0 Å². The summed E-state index contributed by atoms with van der Waals surface area (Å²) in [7, 11) is 0. The first-order valence-electron chi connectivity index (χ1n) is 3.05. The Balaban J connectivity index is -0.000000180. The maximum absolute atomic E-state index is 9.28. The zero-order valence-electron chi connectivity index (χ0n) is 7.00. The second kappa shape index (κ2) is 10.6. The van der Waals surface area contributed by atoms with Gasteiger partial charge in [-0.25, -0.2) is 0 Å².